The van der Waals surface area contributed by atoms with Gasteiger partial charge in [-0.3, -0.25) is 0 Å². The summed E-state index contributed by atoms with van der Waals surface area (Å²) in [7, 11) is 4.02. The van der Waals surface area contributed by atoms with Gasteiger partial charge in [-0.25, -0.2) is 4.98 Å². The lowest BCUT2D eigenvalue weighted by molar-refractivity contribution is 0.424. The maximum absolute atomic E-state index is 4.57. The zero-order valence-electron chi connectivity index (χ0n) is 11.0. The Balaban J connectivity index is 2.57. The van der Waals surface area contributed by atoms with Gasteiger partial charge in [0.1, 0.15) is 5.82 Å². The molecule has 0 radical (unpaired) electrons. The Bertz CT molecular complexity index is 321. The van der Waals surface area contributed by atoms with Crippen LogP contribution in [0.4, 0.5) is 5.82 Å². The fraction of sp³-hybridized carbons (Fsp3) is 0.615. The van der Waals surface area contributed by atoms with Crippen molar-refractivity contribution in [2.75, 3.05) is 19.0 Å². The smallest absolute Gasteiger partial charge is 0.128 e. The van der Waals surface area contributed by atoms with E-state index in [0.29, 0.717) is 12.0 Å². The molecule has 0 aromatic carbocycles. The predicted molar refractivity (Wildman–Crippen MR) is 69.7 cm³/mol. The van der Waals surface area contributed by atoms with Crippen LogP contribution in [0.25, 0.3) is 0 Å². The molecular weight excluding hydrogens is 198 g/mol. The van der Waals surface area contributed by atoms with E-state index in [1.54, 1.807) is 0 Å². The van der Waals surface area contributed by atoms with Crippen LogP contribution in [-0.4, -0.2) is 25.1 Å². The SMILES string of the molecule is CC(C)C(C)NCc1cccc(N(C)C)n1. The lowest BCUT2D eigenvalue weighted by Gasteiger charge is -2.18. The summed E-state index contributed by atoms with van der Waals surface area (Å²) in [5.74, 6) is 1.66. The summed E-state index contributed by atoms with van der Waals surface area (Å²) in [5.41, 5.74) is 1.10. The molecule has 0 aliphatic heterocycles. The number of aromatic nitrogens is 1. The molecule has 0 spiro atoms. The predicted octanol–water partition coefficient (Wildman–Crippen LogP) is 2.28. The summed E-state index contributed by atoms with van der Waals surface area (Å²) in [6, 6.07) is 6.66. The number of rotatable bonds is 5. The highest BCUT2D eigenvalue weighted by molar-refractivity contribution is 5.36. The van der Waals surface area contributed by atoms with E-state index in [4.69, 9.17) is 0 Å². The summed E-state index contributed by atoms with van der Waals surface area (Å²) in [5, 5.41) is 3.48. The molecule has 1 rings (SSSR count). The average Bonchev–Trinajstić information content (AvgIpc) is 2.26. The third-order valence-electron chi connectivity index (χ3n) is 2.86. The summed E-state index contributed by atoms with van der Waals surface area (Å²) in [6.45, 7) is 7.49. The normalized spacial score (nSPS) is 12.9. The molecule has 1 heterocycles. The Hall–Kier alpha value is -1.09. The van der Waals surface area contributed by atoms with Gasteiger partial charge < -0.3 is 10.2 Å². The highest BCUT2D eigenvalue weighted by Gasteiger charge is 2.06. The van der Waals surface area contributed by atoms with Crippen molar-refractivity contribution < 1.29 is 0 Å². The van der Waals surface area contributed by atoms with E-state index in [9.17, 15) is 0 Å². The minimum atomic E-state index is 0.518. The van der Waals surface area contributed by atoms with Crippen LogP contribution in [0.2, 0.25) is 0 Å². The van der Waals surface area contributed by atoms with E-state index < -0.39 is 0 Å². The third-order valence-corrected chi connectivity index (χ3v) is 2.86. The molecule has 3 heteroatoms. The second-order valence-corrected chi connectivity index (χ2v) is 4.80. The first-order valence-corrected chi connectivity index (χ1v) is 5.87. The Morgan fingerprint density at radius 1 is 1.25 bits per heavy atom. The number of nitrogens with one attached hydrogen (secondary N) is 1. The molecule has 1 N–H and O–H groups in total. The van der Waals surface area contributed by atoms with Crippen LogP contribution in [0.1, 0.15) is 26.5 Å². The van der Waals surface area contributed by atoms with Gasteiger partial charge in [0.15, 0.2) is 0 Å². The summed E-state index contributed by atoms with van der Waals surface area (Å²) >= 11 is 0. The number of nitrogens with zero attached hydrogens (tertiary/aromatic N) is 2. The third kappa shape index (κ3) is 3.81. The number of anilines is 1. The molecule has 1 unspecified atom stereocenters. The van der Waals surface area contributed by atoms with E-state index in [1.807, 2.05) is 25.1 Å². The van der Waals surface area contributed by atoms with E-state index in [2.05, 4.69) is 43.2 Å². The van der Waals surface area contributed by atoms with Crippen molar-refractivity contribution in [1.82, 2.24) is 10.3 Å². The van der Waals surface area contributed by atoms with Gasteiger partial charge >= 0.3 is 0 Å². The molecule has 1 aromatic rings. The van der Waals surface area contributed by atoms with Gasteiger partial charge in [-0.15, -0.1) is 0 Å². The van der Waals surface area contributed by atoms with E-state index in [1.165, 1.54) is 0 Å². The van der Waals surface area contributed by atoms with Crippen molar-refractivity contribution in [3.63, 3.8) is 0 Å². The summed E-state index contributed by atoms with van der Waals surface area (Å²) in [6.07, 6.45) is 0. The van der Waals surface area contributed by atoms with Gasteiger partial charge in [0.2, 0.25) is 0 Å². The van der Waals surface area contributed by atoms with Crippen LogP contribution in [0.3, 0.4) is 0 Å². The van der Waals surface area contributed by atoms with Crippen molar-refractivity contribution in [3.8, 4) is 0 Å². The first-order chi connectivity index (χ1) is 7.50. The number of pyridine rings is 1. The second kappa shape index (κ2) is 5.85. The van der Waals surface area contributed by atoms with Gasteiger partial charge in [0, 0.05) is 26.7 Å². The molecule has 0 aliphatic rings. The van der Waals surface area contributed by atoms with Gasteiger partial charge in [-0.1, -0.05) is 19.9 Å². The topological polar surface area (TPSA) is 28.2 Å². The Kier molecular flexibility index (Phi) is 4.74. The quantitative estimate of drug-likeness (QED) is 0.827. The molecule has 0 saturated carbocycles. The molecule has 0 saturated heterocycles. The Morgan fingerprint density at radius 2 is 1.94 bits per heavy atom. The number of hydrogen-bond donors (Lipinski definition) is 1. The highest BCUT2D eigenvalue weighted by atomic mass is 15.1. The van der Waals surface area contributed by atoms with Crippen LogP contribution in [-0.2, 0) is 6.54 Å². The minimum Gasteiger partial charge on any atom is -0.363 e. The van der Waals surface area contributed by atoms with Crippen molar-refractivity contribution in [3.05, 3.63) is 23.9 Å². The van der Waals surface area contributed by atoms with Crippen LogP contribution in [0.5, 0.6) is 0 Å². The molecule has 16 heavy (non-hydrogen) atoms. The fourth-order valence-corrected chi connectivity index (χ4v) is 1.32. The van der Waals surface area contributed by atoms with Gasteiger partial charge in [0.05, 0.1) is 5.69 Å². The summed E-state index contributed by atoms with van der Waals surface area (Å²) < 4.78 is 0. The van der Waals surface area contributed by atoms with E-state index in [-0.39, 0.29) is 0 Å². The molecule has 1 atom stereocenters. The van der Waals surface area contributed by atoms with Crippen LogP contribution >= 0.6 is 0 Å². The minimum absolute atomic E-state index is 0.518. The number of hydrogen-bond acceptors (Lipinski definition) is 3. The second-order valence-electron chi connectivity index (χ2n) is 4.80. The van der Waals surface area contributed by atoms with Crippen molar-refractivity contribution in [2.24, 2.45) is 5.92 Å². The van der Waals surface area contributed by atoms with E-state index >= 15 is 0 Å². The largest absolute Gasteiger partial charge is 0.363 e. The molecule has 0 amide bonds. The Morgan fingerprint density at radius 3 is 2.50 bits per heavy atom. The van der Waals surface area contributed by atoms with Gasteiger partial charge in [0.25, 0.3) is 0 Å². The zero-order chi connectivity index (χ0) is 12.1. The molecule has 0 fully saturated rings. The van der Waals surface area contributed by atoms with Gasteiger partial charge in [-0.05, 0) is 25.0 Å². The first kappa shape index (κ1) is 13.0. The molecular formula is C13H23N3. The monoisotopic (exact) mass is 221 g/mol. The highest BCUT2D eigenvalue weighted by Crippen LogP contribution is 2.08. The van der Waals surface area contributed by atoms with E-state index in [0.717, 1.165) is 18.1 Å². The van der Waals surface area contributed by atoms with Crippen LogP contribution < -0.4 is 10.2 Å². The van der Waals surface area contributed by atoms with Crippen LogP contribution in [0.15, 0.2) is 18.2 Å². The van der Waals surface area contributed by atoms with Gasteiger partial charge in [-0.2, -0.15) is 0 Å². The standard InChI is InChI=1S/C13H23N3/c1-10(2)11(3)14-9-12-7-6-8-13(15-12)16(4)5/h6-8,10-11,14H,9H2,1-5H3. The lowest BCUT2D eigenvalue weighted by Crippen LogP contribution is -2.30. The molecule has 90 valence electrons. The lowest BCUT2D eigenvalue weighted by atomic mass is 10.1. The maximum atomic E-state index is 4.57. The maximum Gasteiger partial charge on any atom is 0.128 e. The zero-order valence-corrected chi connectivity index (χ0v) is 11.0. The van der Waals surface area contributed by atoms with Crippen molar-refractivity contribution in [2.45, 2.75) is 33.4 Å². The molecule has 1 aromatic heterocycles. The first-order valence-electron chi connectivity index (χ1n) is 5.87. The van der Waals surface area contributed by atoms with Crippen molar-refractivity contribution >= 4 is 5.82 Å². The summed E-state index contributed by atoms with van der Waals surface area (Å²) in [4.78, 5) is 6.59. The molecule has 0 aliphatic carbocycles. The van der Waals surface area contributed by atoms with Crippen LogP contribution in [0, 0.1) is 5.92 Å². The Labute approximate surface area is 98.9 Å². The molecule has 0 bridgehead atoms. The fourth-order valence-electron chi connectivity index (χ4n) is 1.32. The van der Waals surface area contributed by atoms with Crippen molar-refractivity contribution in [1.29, 1.82) is 0 Å². The average molecular weight is 221 g/mol. The molecule has 3 nitrogen and oxygen atoms in total.